The molecule has 0 fully saturated rings. The Balaban J connectivity index is 1.88. The fourth-order valence-corrected chi connectivity index (χ4v) is 1.79. The molecule has 0 spiro atoms. The van der Waals surface area contributed by atoms with Crippen LogP contribution in [0.25, 0.3) is 0 Å². The molecule has 1 aromatic heterocycles. The summed E-state index contributed by atoms with van der Waals surface area (Å²) in [6, 6.07) is 11.6. The van der Waals surface area contributed by atoms with Crippen LogP contribution in [0.5, 0.6) is 5.75 Å². The maximum Gasteiger partial charge on any atom is 0.344 e. The molecular formula is C16H17NO3. The van der Waals surface area contributed by atoms with Crippen LogP contribution >= 0.6 is 0 Å². The van der Waals surface area contributed by atoms with Gasteiger partial charge in [0.05, 0.1) is 6.61 Å². The molecule has 0 aliphatic carbocycles. The highest BCUT2D eigenvalue weighted by Crippen LogP contribution is 2.15. The molecule has 20 heavy (non-hydrogen) atoms. The molecule has 0 amide bonds. The fraction of sp³-hybridized carbons (Fsp3) is 0.250. The van der Waals surface area contributed by atoms with Crippen molar-refractivity contribution in [3.63, 3.8) is 0 Å². The minimum absolute atomic E-state index is 0.0597. The number of benzene rings is 1. The predicted molar refractivity (Wildman–Crippen MR) is 75.6 cm³/mol. The van der Waals surface area contributed by atoms with Crippen LogP contribution in [0.2, 0.25) is 0 Å². The van der Waals surface area contributed by atoms with Crippen molar-refractivity contribution in [1.82, 2.24) is 4.98 Å². The molecule has 2 aromatic rings. The first kappa shape index (κ1) is 14.1. The largest absolute Gasteiger partial charge is 0.482 e. The summed E-state index contributed by atoms with van der Waals surface area (Å²) in [5, 5.41) is 0. The highest BCUT2D eigenvalue weighted by atomic mass is 16.6. The minimum atomic E-state index is -0.355. The number of aromatic nitrogens is 1. The minimum Gasteiger partial charge on any atom is -0.482 e. The van der Waals surface area contributed by atoms with Crippen molar-refractivity contribution in [1.29, 1.82) is 0 Å². The number of hydrogen-bond donors (Lipinski definition) is 0. The van der Waals surface area contributed by atoms with Crippen molar-refractivity contribution in [2.45, 2.75) is 13.3 Å². The third-order valence-corrected chi connectivity index (χ3v) is 2.72. The van der Waals surface area contributed by atoms with Crippen LogP contribution < -0.4 is 4.74 Å². The molecule has 0 unspecified atom stereocenters. The smallest absolute Gasteiger partial charge is 0.344 e. The fourth-order valence-electron chi connectivity index (χ4n) is 1.79. The molecule has 104 valence electrons. The average molecular weight is 271 g/mol. The molecule has 0 atom stereocenters. The molecule has 4 nitrogen and oxygen atoms in total. The quantitative estimate of drug-likeness (QED) is 0.758. The number of ether oxygens (including phenoxy) is 2. The van der Waals surface area contributed by atoms with Gasteiger partial charge >= 0.3 is 5.97 Å². The SMILES string of the molecule is CCOC(=O)COc1ccc(Cc2cccnc2)cc1. The lowest BCUT2D eigenvalue weighted by Gasteiger charge is -2.07. The Labute approximate surface area is 118 Å². The van der Waals surface area contributed by atoms with E-state index in [4.69, 9.17) is 9.47 Å². The Bertz CT molecular complexity index is 537. The molecule has 0 radical (unpaired) electrons. The number of nitrogens with zero attached hydrogens (tertiary/aromatic N) is 1. The van der Waals surface area contributed by atoms with Crippen molar-refractivity contribution >= 4 is 5.97 Å². The summed E-state index contributed by atoms with van der Waals surface area (Å²) in [5.74, 6) is 0.305. The van der Waals surface area contributed by atoms with Crippen molar-refractivity contribution in [3.05, 3.63) is 59.9 Å². The van der Waals surface area contributed by atoms with Crippen LogP contribution in [0.4, 0.5) is 0 Å². The van der Waals surface area contributed by atoms with Crippen molar-refractivity contribution in [2.75, 3.05) is 13.2 Å². The van der Waals surface area contributed by atoms with E-state index in [1.807, 2.05) is 42.6 Å². The lowest BCUT2D eigenvalue weighted by Crippen LogP contribution is -2.14. The van der Waals surface area contributed by atoms with E-state index in [0.29, 0.717) is 12.4 Å². The first-order valence-corrected chi connectivity index (χ1v) is 6.54. The number of carbonyl (C=O) groups is 1. The average Bonchev–Trinajstić information content (AvgIpc) is 2.48. The molecule has 0 aliphatic heterocycles. The van der Waals surface area contributed by atoms with Gasteiger partial charge in [-0.1, -0.05) is 18.2 Å². The number of rotatable bonds is 6. The van der Waals surface area contributed by atoms with Gasteiger partial charge in [0.25, 0.3) is 0 Å². The predicted octanol–water partition coefficient (Wildman–Crippen LogP) is 2.61. The second kappa shape index (κ2) is 7.28. The van der Waals surface area contributed by atoms with Crippen LogP contribution in [0.15, 0.2) is 48.8 Å². The van der Waals surface area contributed by atoms with Crippen LogP contribution in [0.3, 0.4) is 0 Å². The molecule has 1 aromatic carbocycles. The van der Waals surface area contributed by atoms with Gasteiger partial charge in [0, 0.05) is 12.4 Å². The van der Waals surface area contributed by atoms with Gasteiger partial charge in [0.1, 0.15) is 5.75 Å². The zero-order valence-electron chi connectivity index (χ0n) is 11.4. The number of carbonyl (C=O) groups excluding carboxylic acids is 1. The molecule has 0 N–H and O–H groups in total. The summed E-state index contributed by atoms with van der Waals surface area (Å²) in [6.07, 6.45) is 4.44. The maximum absolute atomic E-state index is 11.2. The zero-order valence-corrected chi connectivity index (χ0v) is 11.4. The van der Waals surface area contributed by atoms with Crippen molar-refractivity contribution in [2.24, 2.45) is 0 Å². The maximum atomic E-state index is 11.2. The Hall–Kier alpha value is -2.36. The van der Waals surface area contributed by atoms with Gasteiger partial charge in [-0.25, -0.2) is 4.79 Å². The van der Waals surface area contributed by atoms with E-state index in [9.17, 15) is 4.79 Å². The van der Waals surface area contributed by atoms with E-state index in [2.05, 4.69) is 4.98 Å². The lowest BCUT2D eigenvalue weighted by molar-refractivity contribution is -0.145. The molecule has 0 bridgehead atoms. The Morgan fingerprint density at radius 3 is 2.60 bits per heavy atom. The molecule has 0 aliphatic rings. The topological polar surface area (TPSA) is 48.4 Å². The monoisotopic (exact) mass is 271 g/mol. The molecule has 4 heteroatoms. The number of pyridine rings is 1. The van der Waals surface area contributed by atoms with Crippen LogP contribution in [0, 0.1) is 0 Å². The first-order chi connectivity index (χ1) is 9.78. The highest BCUT2D eigenvalue weighted by Gasteiger charge is 2.03. The standard InChI is InChI=1S/C16H17NO3/c1-2-19-16(18)12-20-15-7-5-13(6-8-15)10-14-4-3-9-17-11-14/h3-9,11H,2,10,12H2,1H3. The Kier molecular flexibility index (Phi) is 5.12. The summed E-state index contributed by atoms with van der Waals surface area (Å²) in [6.45, 7) is 2.08. The van der Waals surface area contributed by atoms with Gasteiger partial charge in [0.15, 0.2) is 6.61 Å². The van der Waals surface area contributed by atoms with Gasteiger partial charge in [-0.15, -0.1) is 0 Å². The van der Waals surface area contributed by atoms with E-state index < -0.39 is 0 Å². The molecule has 0 saturated heterocycles. The van der Waals surface area contributed by atoms with Gasteiger partial charge in [0.2, 0.25) is 0 Å². The molecule has 2 rings (SSSR count). The van der Waals surface area contributed by atoms with E-state index in [1.165, 1.54) is 5.56 Å². The summed E-state index contributed by atoms with van der Waals surface area (Å²) in [4.78, 5) is 15.3. The van der Waals surface area contributed by atoms with Crippen LogP contribution in [-0.2, 0) is 16.0 Å². The van der Waals surface area contributed by atoms with Crippen LogP contribution in [0.1, 0.15) is 18.1 Å². The number of esters is 1. The second-order valence-corrected chi connectivity index (χ2v) is 4.28. The molecule has 0 saturated carbocycles. The lowest BCUT2D eigenvalue weighted by atomic mass is 10.1. The third-order valence-electron chi connectivity index (χ3n) is 2.72. The van der Waals surface area contributed by atoms with E-state index in [0.717, 1.165) is 12.0 Å². The normalized spacial score (nSPS) is 10.1. The summed E-state index contributed by atoms with van der Waals surface area (Å²) in [7, 11) is 0. The van der Waals surface area contributed by atoms with Gasteiger partial charge in [-0.2, -0.15) is 0 Å². The number of hydrogen-bond acceptors (Lipinski definition) is 4. The Morgan fingerprint density at radius 1 is 1.15 bits per heavy atom. The van der Waals surface area contributed by atoms with Crippen LogP contribution in [-0.4, -0.2) is 24.2 Å². The zero-order chi connectivity index (χ0) is 14.2. The summed E-state index contributed by atoms with van der Waals surface area (Å²) in [5.41, 5.74) is 2.33. The van der Waals surface area contributed by atoms with E-state index >= 15 is 0 Å². The summed E-state index contributed by atoms with van der Waals surface area (Å²) < 4.78 is 10.1. The first-order valence-electron chi connectivity index (χ1n) is 6.54. The van der Waals surface area contributed by atoms with Crippen molar-refractivity contribution in [3.8, 4) is 5.75 Å². The summed E-state index contributed by atoms with van der Waals surface area (Å²) >= 11 is 0. The van der Waals surface area contributed by atoms with E-state index in [1.54, 1.807) is 13.1 Å². The molecule has 1 heterocycles. The third kappa shape index (κ3) is 4.39. The van der Waals surface area contributed by atoms with Gasteiger partial charge in [-0.05, 0) is 42.7 Å². The van der Waals surface area contributed by atoms with Crippen molar-refractivity contribution < 1.29 is 14.3 Å². The Morgan fingerprint density at radius 2 is 1.95 bits per heavy atom. The highest BCUT2D eigenvalue weighted by molar-refractivity contribution is 5.71. The van der Waals surface area contributed by atoms with Gasteiger partial charge in [-0.3, -0.25) is 4.98 Å². The van der Waals surface area contributed by atoms with Gasteiger partial charge < -0.3 is 9.47 Å². The molecular weight excluding hydrogens is 254 g/mol. The van der Waals surface area contributed by atoms with E-state index in [-0.39, 0.29) is 12.6 Å². The second-order valence-electron chi connectivity index (χ2n) is 4.28.